The Morgan fingerprint density at radius 1 is 1.13 bits per heavy atom. The molecule has 2 aromatic carbocycles. The SMILES string of the molecule is Cc1cc([C@@H](C)NC(=O)c2ccc3nc(C(F)(F)F)nc(N4CCOCC4)c3c2)c(F)cc1NS(C)(=O)=O. The van der Waals surface area contributed by atoms with Gasteiger partial charge in [0.2, 0.25) is 15.8 Å². The van der Waals surface area contributed by atoms with Crippen LogP contribution in [-0.4, -0.2) is 56.9 Å². The lowest BCUT2D eigenvalue weighted by Gasteiger charge is -2.29. The van der Waals surface area contributed by atoms with Crippen molar-refractivity contribution in [2.75, 3.05) is 42.2 Å². The molecule has 1 atom stereocenters. The van der Waals surface area contributed by atoms with E-state index in [1.807, 2.05) is 0 Å². The lowest BCUT2D eigenvalue weighted by atomic mass is 10.0. The summed E-state index contributed by atoms with van der Waals surface area (Å²) in [5.74, 6) is -2.56. The maximum absolute atomic E-state index is 14.8. The van der Waals surface area contributed by atoms with Crippen molar-refractivity contribution >= 4 is 38.3 Å². The first-order valence-electron chi connectivity index (χ1n) is 11.5. The van der Waals surface area contributed by atoms with Gasteiger partial charge in [-0.2, -0.15) is 13.2 Å². The van der Waals surface area contributed by atoms with Gasteiger partial charge in [-0.05, 0) is 49.7 Å². The number of anilines is 2. The number of aromatic nitrogens is 2. The third kappa shape index (κ3) is 6.13. The van der Waals surface area contributed by atoms with Crippen LogP contribution in [0.1, 0.15) is 40.3 Å². The van der Waals surface area contributed by atoms with Crippen LogP contribution >= 0.6 is 0 Å². The fraction of sp³-hybridized carbons (Fsp3) is 0.375. The number of benzene rings is 2. The summed E-state index contributed by atoms with van der Waals surface area (Å²) in [7, 11) is -3.61. The molecular weight excluding hydrogens is 530 g/mol. The Labute approximate surface area is 216 Å². The third-order valence-corrected chi connectivity index (χ3v) is 6.55. The molecule has 0 bridgehead atoms. The molecular formula is C24H25F4N5O4S. The van der Waals surface area contributed by atoms with Gasteiger partial charge in [0, 0.05) is 29.6 Å². The lowest BCUT2D eigenvalue weighted by molar-refractivity contribution is -0.144. The number of hydrogen-bond acceptors (Lipinski definition) is 7. The molecule has 0 radical (unpaired) electrons. The average Bonchev–Trinajstić information content (AvgIpc) is 2.84. The lowest BCUT2D eigenvalue weighted by Crippen LogP contribution is -2.37. The van der Waals surface area contributed by atoms with E-state index >= 15 is 0 Å². The zero-order valence-electron chi connectivity index (χ0n) is 20.7. The Bertz CT molecular complexity index is 1490. The number of nitrogens with zero attached hydrogens (tertiary/aromatic N) is 3. The van der Waals surface area contributed by atoms with Crippen LogP contribution in [0.15, 0.2) is 30.3 Å². The fourth-order valence-corrected chi connectivity index (χ4v) is 4.72. The van der Waals surface area contributed by atoms with Gasteiger partial charge in [0.1, 0.15) is 11.6 Å². The molecule has 14 heteroatoms. The highest BCUT2D eigenvalue weighted by molar-refractivity contribution is 7.92. The molecule has 0 aliphatic carbocycles. The minimum atomic E-state index is -4.75. The van der Waals surface area contributed by atoms with Crippen molar-refractivity contribution in [3.8, 4) is 0 Å². The Kier molecular flexibility index (Phi) is 7.48. The largest absolute Gasteiger partial charge is 0.451 e. The summed E-state index contributed by atoms with van der Waals surface area (Å²) in [6, 6.07) is 5.70. The third-order valence-electron chi connectivity index (χ3n) is 5.96. The molecule has 204 valence electrons. The molecule has 2 heterocycles. The van der Waals surface area contributed by atoms with Gasteiger partial charge in [-0.15, -0.1) is 0 Å². The van der Waals surface area contributed by atoms with Crippen molar-refractivity contribution in [2.45, 2.75) is 26.1 Å². The molecule has 38 heavy (non-hydrogen) atoms. The number of fused-ring (bicyclic) bond motifs is 1. The minimum absolute atomic E-state index is 0.0223. The normalized spacial score (nSPS) is 15.4. The molecule has 4 rings (SSSR count). The first kappa shape index (κ1) is 27.5. The molecule has 1 fully saturated rings. The number of ether oxygens (including phenoxy) is 1. The molecule has 0 spiro atoms. The maximum Gasteiger partial charge on any atom is 0.451 e. The van der Waals surface area contributed by atoms with Crippen LogP contribution < -0.4 is 14.9 Å². The van der Waals surface area contributed by atoms with Gasteiger partial charge in [0.25, 0.3) is 5.91 Å². The summed E-state index contributed by atoms with van der Waals surface area (Å²) in [5, 5.41) is 2.94. The van der Waals surface area contributed by atoms with E-state index in [9.17, 15) is 30.8 Å². The first-order chi connectivity index (χ1) is 17.7. The van der Waals surface area contributed by atoms with Gasteiger partial charge < -0.3 is 15.0 Å². The van der Waals surface area contributed by atoms with Crippen molar-refractivity contribution in [1.82, 2.24) is 15.3 Å². The molecule has 1 aliphatic rings. The number of halogens is 4. The Morgan fingerprint density at radius 2 is 1.82 bits per heavy atom. The van der Waals surface area contributed by atoms with Crippen LogP contribution in [0.25, 0.3) is 10.9 Å². The van der Waals surface area contributed by atoms with Crippen molar-refractivity contribution in [3.63, 3.8) is 0 Å². The molecule has 0 unspecified atom stereocenters. The van der Waals surface area contributed by atoms with Crippen molar-refractivity contribution in [1.29, 1.82) is 0 Å². The summed E-state index contributed by atoms with van der Waals surface area (Å²) < 4.78 is 85.7. The van der Waals surface area contributed by atoms with E-state index in [-0.39, 0.29) is 33.5 Å². The molecule has 2 N–H and O–H groups in total. The number of carbonyl (C=O) groups is 1. The van der Waals surface area contributed by atoms with Gasteiger partial charge in [-0.25, -0.2) is 22.8 Å². The zero-order valence-corrected chi connectivity index (χ0v) is 21.5. The van der Waals surface area contributed by atoms with E-state index in [1.54, 1.807) is 18.7 Å². The average molecular weight is 556 g/mol. The number of aryl methyl sites for hydroxylation is 1. The van der Waals surface area contributed by atoms with Gasteiger partial charge >= 0.3 is 6.18 Å². The number of carbonyl (C=O) groups excluding carboxylic acids is 1. The summed E-state index contributed by atoms with van der Waals surface area (Å²) in [6.07, 6.45) is -3.81. The van der Waals surface area contributed by atoms with E-state index in [2.05, 4.69) is 20.0 Å². The highest BCUT2D eigenvalue weighted by Gasteiger charge is 2.36. The predicted molar refractivity (Wildman–Crippen MR) is 133 cm³/mol. The molecule has 1 aliphatic heterocycles. The monoisotopic (exact) mass is 555 g/mol. The highest BCUT2D eigenvalue weighted by atomic mass is 32.2. The number of rotatable bonds is 6. The summed E-state index contributed by atoms with van der Waals surface area (Å²) in [6.45, 7) is 4.41. The number of alkyl halides is 3. The number of sulfonamides is 1. The Morgan fingerprint density at radius 3 is 2.45 bits per heavy atom. The van der Waals surface area contributed by atoms with Crippen LogP contribution in [0.3, 0.4) is 0 Å². The molecule has 9 nitrogen and oxygen atoms in total. The first-order valence-corrected chi connectivity index (χ1v) is 13.4. The molecule has 1 saturated heterocycles. The Hall–Kier alpha value is -3.52. The van der Waals surface area contributed by atoms with E-state index in [4.69, 9.17) is 4.74 Å². The summed E-state index contributed by atoms with van der Waals surface area (Å²) in [5.41, 5.74) is 0.800. The second-order valence-electron chi connectivity index (χ2n) is 8.96. The fourth-order valence-electron chi connectivity index (χ4n) is 4.10. The van der Waals surface area contributed by atoms with Gasteiger partial charge in [-0.1, -0.05) is 0 Å². The summed E-state index contributed by atoms with van der Waals surface area (Å²) >= 11 is 0. The van der Waals surface area contributed by atoms with E-state index < -0.39 is 39.8 Å². The number of nitrogens with one attached hydrogen (secondary N) is 2. The van der Waals surface area contributed by atoms with Gasteiger partial charge in [0.15, 0.2) is 0 Å². The standard InChI is InChI=1S/C24H25F4N5O4S/c1-13-10-16(18(25)12-20(13)32-38(3,35)36)14(2)29-22(34)15-4-5-19-17(11-15)21(33-6-8-37-9-7-33)31-23(30-19)24(26,27)28/h4-5,10-12,14,32H,6-9H2,1-3H3,(H,29,34)/t14-/m1/s1. The van der Waals surface area contributed by atoms with E-state index in [0.29, 0.717) is 31.9 Å². The van der Waals surface area contributed by atoms with Crippen LogP contribution in [0, 0.1) is 12.7 Å². The number of morpholine rings is 1. The Balaban J connectivity index is 1.65. The maximum atomic E-state index is 14.8. The quantitative estimate of drug-likeness (QED) is 0.445. The van der Waals surface area contributed by atoms with Crippen LogP contribution in [0.4, 0.5) is 29.1 Å². The highest BCUT2D eigenvalue weighted by Crippen LogP contribution is 2.33. The van der Waals surface area contributed by atoms with E-state index in [1.165, 1.54) is 24.3 Å². The van der Waals surface area contributed by atoms with Gasteiger partial charge in [0.05, 0.1) is 36.7 Å². The smallest absolute Gasteiger partial charge is 0.378 e. The number of hydrogen-bond donors (Lipinski definition) is 2. The predicted octanol–water partition coefficient (Wildman–Crippen LogP) is 3.80. The van der Waals surface area contributed by atoms with Crippen LogP contribution in [-0.2, 0) is 20.9 Å². The molecule has 1 amide bonds. The van der Waals surface area contributed by atoms with Crippen LogP contribution in [0.5, 0.6) is 0 Å². The van der Waals surface area contributed by atoms with Crippen LogP contribution in [0.2, 0.25) is 0 Å². The minimum Gasteiger partial charge on any atom is -0.378 e. The second-order valence-corrected chi connectivity index (χ2v) is 10.7. The molecule has 3 aromatic rings. The molecule has 0 saturated carbocycles. The molecule has 1 aromatic heterocycles. The van der Waals surface area contributed by atoms with Crippen molar-refractivity contribution in [2.24, 2.45) is 0 Å². The zero-order chi connectivity index (χ0) is 27.8. The summed E-state index contributed by atoms with van der Waals surface area (Å²) in [4.78, 5) is 22.1. The van der Waals surface area contributed by atoms with Crippen molar-refractivity contribution < 1.29 is 35.5 Å². The number of amides is 1. The van der Waals surface area contributed by atoms with Gasteiger partial charge in [-0.3, -0.25) is 9.52 Å². The van der Waals surface area contributed by atoms with Crippen molar-refractivity contribution in [3.05, 3.63) is 58.7 Å². The van der Waals surface area contributed by atoms with E-state index in [0.717, 1.165) is 12.3 Å². The topological polar surface area (TPSA) is 114 Å². The second kappa shape index (κ2) is 10.3.